The maximum absolute atomic E-state index is 11.4. The monoisotopic (exact) mass is 222 g/mol. The van der Waals surface area contributed by atoms with Crippen molar-refractivity contribution in [2.24, 2.45) is 5.92 Å². The maximum atomic E-state index is 11.4. The van der Waals surface area contributed by atoms with E-state index in [9.17, 15) is 4.79 Å². The molecule has 1 heterocycles. The Morgan fingerprint density at radius 3 is 2.75 bits per heavy atom. The molecule has 4 heteroatoms. The number of ether oxygens (including phenoxy) is 1. The maximum Gasteiger partial charge on any atom is 0.220 e. The van der Waals surface area contributed by atoms with E-state index in [2.05, 4.69) is 10.3 Å². The molecule has 1 aromatic heterocycles. The highest BCUT2D eigenvalue weighted by atomic mass is 16.5. The summed E-state index contributed by atoms with van der Waals surface area (Å²) in [5.74, 6) is 1.04. The summed E-state index contributed by atoms with van der Waals surface area (Å²) in [6.45, 7) is 4.56. The van der Waals surface area contributed by atoms with E-state index in [4.69, 9.17) is 4.74 Å². The molecule has 0 aliphatic rings. The standard InChI is InChI=1S/C12H18N2O2/c1-9(2)6-11(15)13-7-10-4-5-12(16-3)14-8-10/h4-5,8-9H,6-7H2,1-3H3,(H,13,15). The van der Waals surface area contributed by atoms with Crippen molar-refractivity contribution in [2.75, 3.05) is 7.11 Å². The number of carbonyl (C=O) groups is 1. The first kappa shape index (κ1) is 12.5. The summed E-state index contributed by atoms with van der Waals surface area (Å²) in [5.41, 5.74) is 0.970. The number of methoxy groups -OCH3 is 1. The van der Waals surface area contributed by atoms with E-state index in [0.717, 1.165) is 5.56 Å². The van der Waals surface area contributed by atoms with Crippen molar-refractivity contribution in [1.29, 1.82) is 0 Å². The second-order valence-corrected chi connectivity index (χ2v) is 4.08. The number of carbonyl (C=O) groups excluding carboxylic acids is 1. The molecule has 0 atom stereocenters. The summed E-state index contributed by atoms with van der Waals surface area (Å²) in [6, 6.07) is 3.67. The summed E-state index contributed by atoms with van der Waals surface area (Å²) in [5, 5.41) is 2.85. The number of amides is 1. The summed E-state index contributed by atoms with van der Waals surface area (Å²) < 4.78 is 4.95. The lowest BCUT2D eigenvalue weighted by Gasteiger charge is -2.07. The molecule has 0 bridgehead atoms. The highest BCUT2D eigenvalue weighted by molar-refractivity contribution is 5.76. The lowest BCUT2D eigenvalue weighted by atomic mass is 10.1. The van der Waals surface area contributed by atoms with Crippen LogP contribution in [-0.2, 0) is 11.3 Å². The van der Waals surface area contributed by atoms with Crippen molar-refractivity contribution >= 4 is 5.91 Å². The number of nitrogens with one attached hydrogen (secondary N) is 1. The van der Waals surface area contributed by atoms with Crippen molar-refractivity contribution < 1.29 is 9.53 Å². The summed E-state index contributed by atoms with van der Waals surface area (Å²) in [6.07, 6.45) is 2.26. The Labute approximate surface area is 96.0 Å². The highest BCUT2D eigenvalue weighted by Gasteiger charge is 2.04. The van der Waals surface area contributed by atoms with Crippen LogP contribution in [0.5, 0.6) is 5.88 Å². The Bertz CT molecular complexity index is 333. The van der Waals surface area contributed by atoms with Gasteiger partial charge in [0.1, 0.15) is 0 Å². The van der Waals surface area contributed by atoms with Crippen LogP contribution in [0.2, 0.25) is 0 Å². The topological polar surface area (TPSA) is 51.2 Å². The third kappa shape index (κ3) is 4.29. The normalized spacial score (nSPS) is 10.2. The molecule has 1 N–H and O–H groups in total. The van der Waals surface area contributed by atoms with Gasteiger partial charge in [-0.05, 0) is 11.5 Å². The average molecular weight is 222 g/mol. The minimum absolute atomic E-state index is 0.0748. The van der Waals surface area contributed by atoms with Gasteiger partial charge in [-0.15, -0.1) is 0 Å². The van der Waals surface area contributed by atoms with E-state index in [1.54, 1.807) is 19.4 Å². The number of hydrogen-bond acceptors (Lipinski definition) is 3. The summed E-state index contributed by atoms with van der Waals surface area (Å²) in [7, 11) is 1.58. The second kappa shape index (κ2) is 6.10. The molecule has 0 fully saturated rings. The van der Waals surface area contributed by atoms with Gasteiger partial charge >= 0.3 is 0 Å². The Balaban J connectivity index is 2.39. The molecule has 0 aromatic carbocycles. The van der Waals surface area contributed by atoms with Gasteiger partial charge < -0.3 is 10.1 Å². The molecule has 1 aromatic rings. The molecule has 88 valence electrons. The Morgan fingerprint density at radius 1 is 1.50 bits per heavy atom. The van der Waals surface area contributed by atoms with Gasteiger partial charge in [0.15, 0.2) is 0 Å². The molecular weight excluding hydrogens is 204 g/mol. The van der Waals surface area contributed by atoms with Gasteiger partial charge in [0.25, 0.3) is 0 Å². The fraction of sp³-hybridized carbons (Fsp3) is 0.500. The predicted molar refractivity (Wildman–Crippen MR) is 62.1 cm³/mol. The number of hydrogen-bond donors (Lipinski definition) is 1. The van der Waals surface area contributed by atoms with Gasteiger partial charge in [0.05, 0.1) is 7.11 Å². The zero-order valence-corrected chi connectivity index (χ0v) is 9.99. The molecule has 4 nitrogen and oxygen atoms in total. The first-order chi connectivity index (χ1) is 7.61. The fourth-order valence-electron chi connectivity index (χ4n) is 1.28. The smallest absolute Gasteiger partial charge is 0.220 e. The van der Waals surface area contributed by atoms with Gasteiger partial charge in [0, 0.05) is 25.2 Å². The molecule has 0 saturated carbocycles. The van der Waals surface area contributed by atoms with Gasteiger partial charge in [-0.3, -0.25) is 4.79 Å². The Morgan fingerprint density at radius 2 is 2.25 bits per heavy atom. The van der Waals surface area contributed by atoms with Crippen LogP contribution >= 0.6 is 0 Å². The van der Waals surface area contributed by atoms with E-state index < -0.39 is 0 Å². The zero-order valence-electron chi connectivity index (χ0n) is 9.99. The van der Waals surface area contributed by atoms with Crippen LogP contribution in [0.3, 0.4) is 0 Å². The van der Waals surface area contributed by atoms with Gasteiger partial charge in [0.2, 0.25) is 11.8 Å². The van der Waals surface area contributed by atoms with Gasteiger partial charge in [-0.25, -0.2) is 4.98 Å². The third-order valence-corrected chi connectivity index (χ3v) is 2.09. The second-order valence-electron chi connectivity index (χ2n) is 4.08. The molecule has 0 aliphatic carbocycles. The quantitative estimate of drug-likeness (QED) is 0.825. The molecule has 1 rings (SSSR count). The molecule has 0 spiro atoms. The van der Waals surface area contributed by atoms with Gasteiger partial charge in [-0.2, -0.15) is 0 Å². The molecule has 0 unspecified atom stereocenters. The van der Waals surface area contributed by atoms with Crippen LogP contribution in [0.25, 0.3) is 0 Å². The van der Waals surface area contributed by atoms with E-state index in [1.165, 1.54) is 0 Å². The van der Waals surface area contributed by atoms with Crippen LogP contribution in [0.15, 0.2) is 18.3 Å². The lowest BCUT2D eigenvalue weighted by molar-refractivity contribution is -0.121. The van der Waals surface area contributed by atoms with Crippen molar-refractivity contribution in [3.63, 3.8) is 0 Å². The van der Waals surface area contributed by atoms with Crippen LogP contribution in [0, 0.1) is 5.92 Å². The van der Waals surface area contributed by atoms with Crippen LogP contribution < -0.4 is 10.1 Å². The molecule has 16 heavy (non-hydrogen) atoms. The fourth-order valence-corrected chi connectivity index (χ4v) is 1.28. The average Bonchev–Trinajstić information content (AvgIpc) is 2.26. The zero-order chi connectivity index (χ0) is 12.0. The molecule has 0 saturated heterocycles. The van der Waals surface area contributed by atoms with Crippen LogP contribution in [0.1, 0.15) is 25.8 Å². The minimum Gasteiger partial charge on any atom is -0.481 e. The van der Waals surface area contributed by atoms with Gasteiger partial charge in [-0.1, -0.05) is 19.9 Å². The number of rotatable bonds is 5. The van der Waals surface area contributed by atoms with Crippen LogP contribution in [0.4, 0.5) is 0 Å². The SMILES string of the molecule is COc1ccc(CNC(=O)CC(C)C)cn1. The highest BCUT2D eigenvalue weighted by Crippen LogP contribution is 2.06. The van der Waals surface area contributed by atoms with E-state index in [1.807, 2.05) is 19.9 Å². The first-order valence-corrected chi connectivity index (χ1v) is 5.37. The third-order valence-electron chi connectivity index (χ3n) is 2.09. The number of nitrogens with zero attached hydrogens (tertiary/aromatic N) is 1. The molecular formula is C12H18N2O2. The Hall–Kier alpha value is -1.58. The largest absolute Gasteiger partial charge is 0.481 e. The van der Waals surface area contributed by atoms with Crippen molar-refractivity contribution in [3.8, 4) is 5.88 Å². The van der Waals surface area contributed by atoms with E-state index >= 15 is 0 Å². The minimum atomic E-state index is 0.0748. The first-order valence-electron chi connectivity index (χ1n) is 5.37. The van der Waals surface area contributed by atoms with Crippen LogP contribution in [-0.4, -0.2) is 18.0 Å². The van der Waals surface area contributed by atoms with E-state index in [-0.39, 0.29) is 5.91 Å². The Kier molecular flexibility index (Phi) is 4.76. The summed E-state index contributed by atoms with van der Waals surface area (Å²) >= 11 is 0. The van der Waals surface area contributed by atoms with Crippen molar-refractivity contribution in [1.82, 2.24) is 10.3 Å². The predicted octanol–water partition coefficient (Wildman–Crippen LogP) is 1.75. The number of aromatic nitrogens is 1. The number of pyridine rings is 1. The molecule has 0 aliphatic heterocycles. The summed E-state index contributed by atoms with van der Waals surface area (Å²) in [4.78, 5) is 15.5. The van der Waals surface area contributed by atoms with Crippen molar-refractivity contribution in [2.45, 2.75) is 26.8 Å². The lowest BCUT2D eigenvalue weighted by Crippen LogP contribution is -2.23. The molecule has 0 radical (unpaired) electrons. The van der Waals surface area contributed by atoms with E-state index in [0.29, 0.717) is 24.8 Å². The molecule has 1 amide bonds. The van der Waals surface area contributed by atoms with Crippen molar-refractivity contribution in [3.05, 3.63) is 23.9 Å².